The number of hydrogen-bond acceptors (Lipinski definition) is 3. The van der Waals surface area contributed by atoms with Crippen LogP contribution in [0.3, 0.4) is 0 Å². The second-order valence-corrected chi connectivity index (χ2v) is 5.72. The fourth-order valence-electron chi connectivity index (χ4n) is 2.67. The number of carbonyl (C=O) groups excluding carboxylic acids is 1. The van der Waals surface area contributed by atoms with E-state index in [9.17, 15) is 4.79 Å². The molecule has 2 aromatic carbocycles. The number of halogens is 1. The minimum atomic E-state index is -0.190. The molecule has 2 atom stereocenters. The third-order valence-corrected chi connectivity index (χ3v) is 4.15. The summed E-state index contributed by atoms with van der Waals surface area (Å²) in [6, 6.07) is 15.1. The van der Waals surface area contributed by atoms with Crippen molar-refractivity contribution in [2.75, 3.05) is 18.2 Å². The number of carbonyl (C=O) groups is 1. The molecule has 2 rings (SSSR count). The van der Waals surface area contributed by atoms with Gasteiger partial charge in [-0.25, -0.2) is 0 Å². The second kappa shape index (κ2) is 9.18. The van der Waals surface area contributed by atoms with Crippen LogP contribution in [0.15, 0.2) is 48.5 Å². The van der Waals surface area contributed by atoms with Gasteiger partial charge in [0.25, 0.3) is 0 Å². The number of anilines is 2. The van der Waals surface area contributed by atoms with E-state index in [-0.39, 0.29) is 30.2 Å². The normalized spacial score (nSPS) is 12.6. The average Bonchev–Trinajstić information content (AvgIpc) is 2.56. The summed E-state index contributed by atoms with van der Waals surface area (Å²) in [5, 5.41) is 2.97. The molecule has 0 fully saturated rings. The standard InChI is InChI=1S/C19H24N2O2.ClH/c1-4-13(2)18(14-8-6-5-7-9-14)19(22)21-15-10-11-17(23-3)16(20)12-15;/h5-13,18H,4,20H2,1-3H3,(H,21,22);1H. The molecule has 24 heavy (non-hydrogen) atoms. The average molecular weight is 349 g/mol. The zero-order valence-electron chi connectivity index (χ0n) is 14.3. The van der Waals surface area contributed by atoms with Crippen LogP contribution in [0, 0.1) is 5.92 Å². The molecule has 0 aliphatic rings. The predicted molar refractivity (Wildman–Crippen MR) is 102 cm³/mol. The highest BCUT2D eigenvalue weighted by molar-refractivity contribution is 5.96. The van der Waals surface area contributed by atoms with Crippen LogP contribution in [-0.2, 0) is 4.79 Å². The Kier molecular flexibility index (Phi) is 7.59. The zero-order chi connectivity index (χ0) is 16.8. The molecule has 3 N–H and O–H groups in total. The minimum Gasteiger partial charge on any atom is -0.495 e. The Morgan fingerprint density at radius 1 is 1.21 bits per heavy atom. The highest BCUT2D eigenvalue weighted by Crippen LogP contribution is 2.30. The van der Waals surface area contributed by atoms with Gasteiger partial charge in [-0.3, -0.25) is 4.79 Å². The fraction of sp³-hybridized carbons (Fsp3) is 0.316. The number of hydrogen-bond donors (Lipinski definition) is 2. The van der Waals surface area contributed by atoms with Crippen LogP contribution in [0.25, 0.3) is 0 Å². The first-order valence-corrected chi connectivity index (χ1v) is 7.86. The lowest BCUT2D eigenvalue weighted by Crippen LogP contribution is -2.26. The summed E-state index contributed by atoms with van der Waals surface area (Å²) in [6.07, 6.45) is 0.928. The number of nitrogens with one attached hydrogen (secondary N) is 1. The van der Waals surface area contributed by atoms with Crippen molar-refractivity contribution < 1.29 is 9.53 Å². The highest BCUT2D eigenvalue weighted by Gasteiger charge is 2.25. The predicted octanol–water partition coefficient (Wildman–Crippen LogP) is 4.47. The van der Waals surface area contributed by atoms with Gasteiger partial charge >= 0.3 is 0 Å². The molecule has 0 saturated carbocycles. The first-order valence-electron chi connectivity index (χ1n) is 7.86. The van der Waals surface area contributed by atoms with E-state index in [0.29, 0.717) is 17.1 Å². The number of ether oxygens (including phenoxy) is 1. The lowest BCUT2D eigenvalue weighted by molar-refractivity contribution is -0.118. The molecule has 0 radical (unpaired) electrons. The largest absolute Gasteiger partial charge is 0.495 e. The molecule has 4 nitrogen and oxygen atoms in total. The van der Waals surface area contributed by atoms with Crippen LogP contribution < -0.4 is 15.8 Å². The SMILES string of the molecule is CCC(C)C(C(=O)Nc1ccc(OC)c(N)c1)c1ccccc1.Cl. The molecule has 1 amide bonds. The number of benzene rings is 2. The van der Waals surface area contributed by atoms with Gasteiger partial charge in [0.15, 0.2) is 0 Å². The molecule has 0 heterocycles. The van der Waals surface area contributed by atoms with E-state index < -0.39 is 0 Å². The Balaban J connectivity index is 0.00000288. The van der Waals surface area contributed by atoms with E-state index in [2.05, 4.69) is 19.2 Å². The molecule has 0 aliphatic heterocycles. The summed E-state index contributed by atoms with van der Waals surface area (Å²) < 4.78 is 5.14. The van der Waals surface area contributed by atoms with Crippen LogP contribution in [0.2, 0.25) is 0 Å². The molecule has 0 bridgehead atoms. The van der Waals surface area contributed by atoms with Gasteiger partial charge < -0.3 is 15.8 Å². The van der Waals surface area contributed by atoms with Crippen molar-refractivity contribution >= 4 is 29.7 Å². The third-order valence-electron chi connectivity index (χ3n) is 4.15. The smallest absolute Gasteiger partial charge is 0.232 e. The van der Waals surface area contributed by atoms with Crippen LogP contribution in [0.1, 0.15) is 31.7 Å². The molecule has 2 unspecified atom stereocenters. The van der Waals surface area contributed by atoms with Gasteiger partial charge in [0.05, 0.1) is 18.7 Å². The van der Waals surface area contributed by atoms with Crippen LogP contribution in [0.4, 0.5) is 11.4 Å². The Hall–Kier alpha value is -2.20. The maximum atomic E-state index is 12.8. The summed E-state index contributed by atoms with van der Waals surface area (Å²) in [5.74, 6) is 0.636. The van der Waals surface area contributed by atoms with Crippen molar-refractivity contribution in [3.8, 4) is 5.75 Å². The summed E-state index contributed by atoms with van der Waals surface area (Å²) in [6.45, 7) is 4.19. The fourth-order valence-corrected chi connectivity index (χ4v) is 2.67. The van der Waals surface area contributed by atoms with Gasteiger partial charge in [-0.2, -0.15) is 0 Å². The highest BCUT2D eigenvalue weighted by atomic mass is 35.5. The van der Waals surface area contributed by atoms with Crippen LogP contribution in [0.5, 0.6) is 5.75 Å². The van der Waals surface area contributed by atoms with Crippen LogP contribution >= 0.6 is 12.4 Å². The Bertz CT molecular complexity index is 662. The van der Waals surface area contributed by atoms with E-state index in [4.69, 9.17) is 10.5 Å². The number of amides is 1. The van der Waals surface area contributed by atoms with Gasteiger partial charge in [-0.15, -0.1) is 12.4 Å². The van der Waals surface area contributed by atoms with E-state index in [1.165, 1.54) is 0 Å². The second-order valence-electron chi connectivity index (χ2n) is 5.72. The summed E-state index contributed by atoms with van der Waals surface area (Å²) in [7, 11) is 1.57. The third kappa shape index (κ3) is 4.65. The van der Waals surface area contributed by atoms with Gasteiger partial charge in [0.2, 0.25) is 5.91 Å². The number of nitrogens with two attached hydrogens (primary N) is 1. The summed E-state index contributed by atoms with van der Waals surface area (Å²) in [5.41, 5.74) is 8.12. The first-order chi connectivity index (χ1) is 11.1. The quantitative estimate of drug-likeness (QED) is 0.757. The van der Waals surface area contributed by atoms with E-state index >= 15 is 0 Å². The van der Waals surface area contributed by atoms with Gasteiger partial charge in [0, 0.05) is 5.69 Å². The molecule has 0 spiro atoms. The lowest BCUT2D eigenvalue weighted by Gasteiger charge is -2.23. The maximum absolute atomic E-state index is 12.8. The van der Waals surface area contributed by atoms with E-state index in [1.807, 2.05) is 30.3 Å². The van der Waals surface area contributed by atoms with Gasteiger partial charge in [-0.05, 0) is 29.7 Å². The monoisotopic (exact) mass is 348 g/mol. The van der Waals surface area contributed by atoms with Crippen molar-refractivity contribution in [3.63, 3.8) is 0 Å². The minimum absolute atomic E-state index is 0. The first kappa shape index (κ1) is 19.8. The zero-order valence-corrected chi connectivity index (χ0v) is 15.1. The summed E-state index contributed by atoms with van der Waals surface area (Å²) in [4.78, 5) is 12.8. The van der Waals surface area contributed by atoms with Crippen molar-refractivity contribution in [2.24, 2.45) is 5.92 Å². The summed E-state index contributed by atoms with van der Waals surface area (Å²) >= 11 is 0. The Morgan fingerprint density at radius 3 is 2.42 bits per heavy atom. The Labute approximate surface area is 149 Å². The molecule has 130 valence electrons. The Morgan fingerprint density at radius 2 is 1.88 bits per heavy atom. The van der Waals surface area contributed by atoms with E-state index in [0.717, 1.165) is 12.0 Å². The molecular formula is C19H25ClN2O2. The number of rotatable bonds is 6. The molecule has 0 saturated heterocycles. The van der Waals surface area contributed by atoms with Crippen molar-refractivity contribution in [1.29, 1.82) is 0 Å². The van der Waals surface area contributed by atoms with Gasteiger partial charge in [0.1, 0.15) is 5.75 Å². The lowest BCUT2D eigenvalue weighted by atomic mass is 9.85. The topological polar surface area (TPSA) is 64.3 Å². The van der Waals surface area contributed by atoms with Crippen molar-refractivity contribution in [2.45, 2.75) is 26.2 Å². The van der Waals surface area contributed by atoms with Crippen LogP contribution in [-0.4, -0.2) is 13.0 Å². The van der Waals surface area contributed by atoms with Gasteiger partial charge in [-0.1, -0.05) is 50.6 Å². The molecule has 5 heteroatoms. The molecule has 2 aromatic rings. The molecule has 0 aromatic heterocycles. The number of nitrogen functional groups attached to an aromatic ring is 1. The molecular weight excluding hydrogens is 324 g/mol. The number of methoxy groups -OCH3 is 1. The van der Waals surface area contributed by atoms with E-state index in [1.54, 1.807) is 25.3 Å². The van der Waals surface area contributed by atoms with Crippen molar-refractivity contribution in [3.05, 3.63) is 54.1 Å². The maximum Gasteiger partial charge on any atom is 0.232 e. The molecule has 0 aliphatic carbocycles. The van der Waals surface area contributed by atoms with Crippen molar-refractivity contribution in [1.82, 2.24) is 0 Å².